The van der Waals surface area contributed by atoms with Crippen LogP contribution in [-0.2, 0) is 26.2 Å². The number of nitrogens with zero attached hydrogens (tertiary/aromatic N) is 2. The number of benzene rings is 2. The van der Waals surface area contributed by atoms with Gasteiger partial charge >= 0.3 is 0 Å². The molecular weight excluding hydrogens is 485 g/mol. The standard InChI is InChI=1S/C23H29Cl2N3O4S/c1-15(2)26-23(30)17(4)27(13-18-8-9-19(24)12-21(18)25)22(29)14-28(33(5,31)32)20-10-6-16(3)7-11-20/h6-12,15,17H,13-14H2,1-5H3,(H,26,30)/t17-/m1/s1. The topological polar surface area (TPSA) is 86.8 Å². The summed E-state index contributed by atoms with van der Waals surface area (Å²) in [6.45, 7) is 6.65. The van der Waals surface area contributed by atoms with Gasteiger partial charge in [0.25, 0.3) is 0 Å². The van der Waals surface area contributed by atoms with Crippen LogP contribution in [-0.4, -0.2) is 50.0 Å². The van der Waals surface area contributed by atoms with E-state index in [9.17, 15) is 18.0 Å². The van der Waals surface area contributed by atoms with Gasteiger partial charge in [0.15, 0.2) is 0 Å². The molecule has 0 aliphatic heterocycles. The largest absolute Gasteiger partial charge is 0.352 e. The molecule has 0 heterocycles. The Bertz CT molecular complexity index is 1110. The summed E-state index contributed by atoms with van der Waals surface area (Å²) < 4.78 is 26.1. The van der Waals surface area contributed by atoms with Crippen LogP contribution in [0.2, 0.25) is 10.0 Å². The van der Waals surface area contributed by atoms with Crippen molar-refractivity contribution in [3.05, 3.63) is 63.6 Å². The van der Waals surface area contributed by atoms with Crippen LogP contribution in [0.15, 0.2) is 42.5 Å². The van der Waals surface area contributed by atoms with E-state index in [1.807, 2.05) is 20.8 Å². The lowest BCUT2D eigenvalue weighted by Crippen LogP contribution is -2.52. The highest BCUT2D eigenvalue weighted by Gasteiger charge is 2.30. The van der Waals surface area contributed by atoms with Crippen molar-refractivity contribution in [1.29, 1.82) is 0 Å². The minimum atomic E-state index is -3.77. The van der Waals surface area contributed by atoms with E-state index in [-0.39, 0.29) is 18.5 Å². The number of hydrogen-bond acceptors (Lipinski definition) is 4. The number of aryl methyl sites for hydroxylation is 1. The Balaban J connectivity index is 2.41. The van der Waals surface area contributed by atoms with Crippen LogP contribution in [0.3, 0.4) is 0 Å². The van der Waals surface area contributed by atoms with Gasteiger partial charge in [0.2, 0.25) is 21.8 Å². The maximum Gasteiger partial charge on any atom is 0.244 e. The fraction of sp³-hybridized carbons (Fsp3) is 0.391. The second-order valence-corrected chi connectivity index (χ2v) is 11.0. The van der Waals surface area contributed by atoms with E-state index in [1.54, 1.807) is 49.4 Å². The molecule has 33 heavy (non-hydrogen) atoms. The van der Waals surface area contributed by atoms with Crippen molar-refractivity contribution in [2.24, 2.45) is 0 Å². The number of amides is 2. The zero-order valence-electron chi connectivity index (χ0n) is 19.3. The van der Waals surface area contributed by atoms with E-state index >= 15 is 0 Å². The lowest BCUT2D eigenvalue weighted by atomic mass is 10.1. The Hall–Kier alpha value is -2.29. The number of carbonyl (C=O) groups is 2. The lowest BCUT2D eigenvalue weighted by Gasteiger charge is -2.32. The number of hydrogen-bond donors (Lipinski definition) is 1. The van der Waals surface area contributed by atoms with Crippen LogP contribution in [0.1, 0.15) is 31.9 Å². The van der Waals surface area contributed by atoms with Gasteiger partial charge in [-0.3, -0.25) is 13.9 Å². The molecular formula is C23H29Cl2N3O4S. The summed E-state index contributed by atoms with van der Waals surface area (Å²) in [4.78, 5) is 27.5. The third kappa shape index (κ3) is 7.62. The van der Waals surface area contributed by atoms with E-state index in [1.165, 1.54) is 4.90 Å². The van der Waals surface area contributed by atoms with Crippen molar-refractivity contribution in [3.63, 3.8) is 0 Å². The number of rotatable bonds is 9. The van der Waals surface area contributed by atoms with Crippen molar-refractivity contribution >= 4 is 50.7 Å². The molecule has 0 radical (unpaired) electrons. The molecule has 0 saturated carbocycles. The van der Waals surface area contributed by atoms with Crippen molar-refractivity contribution in [3.8, 4) is 0 Å². The predicted octanol–water partition coefficient (Wildman–Crippen LogP) is 4.01. The van der Waals surface area contributed by atoms with Crippen molar-refractivity contribution in [1.82, 2.24) is 10.2 Å². The molecule has 1 N–H and O–H groups in total. The van der Waals surface area contributed by atoms with Gasteiger partial charge in [-0.05, 0) is 57.5 Å². The molecule has 0 aliphatic rings. The molecule has 0 unspecified atom stereocenters. The van der Waals surface area contributed by atoms with Crippen LogP contribution in [0, 0.1) is 6.92 Å². The van der Waals surface area contributed by atoms with Gasteiger partial charge in [0.05, 0.1) is 11.9 Å². The Morgan fingerprint density at radius 2 is 1.64 bits per heavy atom. The first-order valence-corrected chi connectivity index (χ1v) is 13.0. The molecule has 2 rings (SSSR count). The minimum Gasteiger partial charge on any atom is -0.352 e. The van der Waals surface area contributed by atoms with Gasteiger partial charge in [0, 0.05) is 22.6 Å². The molecule has 0 fully saturated rings. The van der Waals surface area contributed by atoms with Gasteiger partial charge in [-0.25, -0.2) is 8.42 Å². The SMILES string of the molecule is Cc1ccc(N(CC(=O)N(Cc2ccc(Cl)cc2Cl)[C@H](C)C(=O)NC(C)C)S(C)(=O)=O)cc1. The van der Waals surface area contributed by atoms with Crippen LogP contribution in [0.25, 0.3) is 0 Å². The molecule has 0 saturated heterocycles. The quantitative estimate of drug-likeness (QED) is 0.548. The van der Waals surface area contributed by atoms with Crippen molar-refractivity contribution in [2.45, 2.75) is 46.3 Å². The smallest absolute Gasteiger partial charge is 0.244 e. The molecule has 10 heteroatoms. The molecule has 7 nitrogen and oxygen atoms in total. The summed E-state index contributed by atoms with van der Waals surface area (Å²) in [5, 5.41) is 3.57. The second-order valence-electron chi connectivity index (χ2n) is 8.20. The van der Waals surface area contributed by atoms with E-state index < -0.39 is 28.5 Å². The molecule has 2 aromatic carbocycles. The third-order valence-corrected chi connectivity index (χ3v) is 6.68. The molecule has 0 aromatic heterocycles. The first-order chi connectivity index (χ1) is 15.3. The monoisotopic (exact) mass is 513 g/mol. The van der Waals surface area contributed by atoms with Crippen molar-refractivity contribution < 1.29 is 18.0 Å². The molecule has 1 atom stereocenters. The van der Waals surface area contributed by atoms with Crippen LogP contribution in [0.4, 0.5) is 5.69 Å². The maximum atomic E-state index is 13.4. The van der Waals surface area contributed by atoms with Gasteiger partial charge in [0.1, 0.15) is 12.6 Å². The van der Waals surface area contributed by atoms with Crippen LogP contribution >= 0.6 is 23.2 Å². The van der Waals surface area contributed by atoms with E-state index in [0.717, 1.165) is 16.1 Å². The molecule has 2 aromatic rings. The maximum absolute atomic E-state index is 13.4. The molecule has 0 spiro atoms. The first kappa shape index (κ1) is 27.0. The molecule has 0 bridgehead atoms. The number of carbonyl (C=O) groups excluding carboxylic acids is 2. The molecule has 0 aliphatic carbocycles. The Morgan fingerprint density at radius 3 is 2.15 bits per heavy atom. The Morgan fingerprint density at radius 1 is 1.03 bits per heavy atom. The minimum absolute atomic E-state index is 0.00696. The molecule has 180 valence electrons. The van der Waals surface area contributed by atoms with E-state index in [2.05, 4.69) is 5.32 Å². The number of halogens is 2. The van der Waals surface area contributed by atoms with Crippen molar-refractivity contribution in [2.75, 3.05) is 17.1 Å². The summed E-state index contributed by atoms with van der Waals surface area (Å²) in [5.41, 5.74) is 1.90. The van der Waals surface area contributed by atoms with Crippen LogP contribution < -0.4 is 9.62 Å². The second kappa shape index (κ2) is 11.2. The fourth-order valence-corrected chi connectivity index (χ4v) is 4.46. The number of nitrogens with one attached hydrogen (secondary N) is 1. The van der Waals surface area contributed by atoms with Crippen LogP contribution in [0.5, 0.6) is 0 Å². The zero-order valence-corrected chi connectivity index (χ0v) is 21.6. The Labute approximate surface area is 205 Å². The summed E-state index contributed by atoms with van der Waals surface area (Å²) in [5.74, 6) is -0.900. The highest BCUT2D eigenvalue weighted by atomic mass is 35.5. The average molecular weight is 514 g/mol. The molecule has 2 amide bonds. The normalized spacial score (nSPS) is 12.4. The van der Waals surface area contributed by atoms with Gasteiger partial charge in [-0.15, -0.1) is 0 Å². The predicted molar refractivity (Wildman–Crippen MR) is 133 cm³/mol. The van der Waals surface area contributed by atoms with E-state index in [4.69, 9.17) is 23.2 Å². The summed E-state index contributed by atoms with van der Waals surface area (Å²) in [6, 6.07) is 10.7. The Kier molecular flexibility index (Phi) is 9.17. The lowest BCUT2D eigenvalue weighted by molar-refractivity contribution is -0.139. The summed E-state index contributed by atoms with van der Waals surface area (Å²) >= 11 is 12.3. The fourth-order valence-electron chi connectivity index (χ4n) is 3.15. The van der Waals surface area contributed by atoms with E-state index in [0.29, 0.717) is 21.3 Å². The first-order valence-electron chi connectivity index (χ1n) is 10.4. The highest BCUT2D eigenvalue weighted by molar-refractivity contribution is 7.92. The van der Waals surface area contributed by atoms with Gasteiger partial charge in [-0.1, -0.05) is 47.0 Å². The number of sulfonamides is 1. The average Bonchev–Trinajstić information content (AvgIpc) is 2.70. The van der Waals surface area contributed by atoms with Gasteiger partial charge < -0.3 is 10.2 Å². The summed E-state index contributed by atoms with van der Waals surface area (Å²) in [7, 11) is -3.77. The third-order valence-electron chi connectivity index (χ3n) is 4.96. The highest BCUT2D eigenvalue weighted by Crippen LogP contribution is 2.24. The zero-order chi connectivity index (χ0) is 24.9. The number of anilines is 1. The van der Waals surface area contributed by atoms with Gasteiger partial charge in [-0.2, -0.15) is 0 Å². The summed E-state index contributed by atoms with van der Waals surface area (Å²) in [6.07, 6.45) is 1.04.